The van der Waals surface area contributed by atoms with Gasteiger partial charge in [0, 0.05) is 11.8 Å². The van der Waals surface area contributed by atoms with Crippen molar-refractivity contribution < 1.29 is 9.47 Å². The van der Waals surface area contributed by atoms with Gasteiger partial charge in [-0.15, -0.1) is 0 Å². The van der Waals surface area contributed by atoms with Crippen molar-refractivity contribution in [3.63, 3.8) is 0 Å². The maximum absolute atomic E-state index is 5.68. The smallest absolute Gasteiger partial charge is 0.161 e. The Balaban J connectivity index is 2.23. The molecule has 0 radical (unpaired) electrons. The van der Waals surface area contributed by atoms with E-state index in [1.807, 2.05) is 32.0 Å². The number of anilines is 1. The molecule has 5 heteroatoms. The summed E-state index contributed by atoms with van der Waals surface area (Å²) < 4.78 is 11.2. The number of benzene rings is 1. The van der Waals surface area contributed by atoms with Gasteiger partial charge in [0.2, 0.25) is 0 Å². The molecule has 116 valence electrons. The van der Waals surface area contributed by atoms with E-state index in [4.69, 9.17) is 14.5 Å². The summed E-state index contributed by atoms with van der Waals surface area (Å²) in [5.74, 6) is 2.74. The minimum atomic E-state index is -0.00309. The summed E-state index contributed by atoms with van der Waals surface area (Å²) in [6.07, 6.45) is 1.10. The van der Waals surface area contributed by atoms with Crippen LogP contribution >= 0.6 is 11.8 Å². The molecule has 21 heavy (non-hydrogen) atoms. The van der Waals surface area contributed by atoms with E-state index in [0.717, 1.165) is 34.5 Å². The van der Waals surface area contributed by atoms with Crippen LogP contribution in [0.2, 0.25) is 0 Å². The van der Waals surface area contributed by atoms with Crippen molar-refractivity contribution in [2.45, 2.75) is 39.7 Å². The lowest BCUT2D eigenvalue weighted by Crippen LogP contribution is -2.27. The third kappa shape index (κ3) is 4.56. The van der Waals surface area contributed by atoms with Crippen molar-refractivity contribution in [3.05, 3.63) is 18.2 Å². The Labute approximate surface area is 131 Å². The molecule has 1 aromatic carbocycles. The van der Waals surface area contributed by atoms with E-state index >= 15 is 0 Å². The molecule has 0 bridgehead atoms. The summed E-state index contributed by atoms with van der Waals surface area (Å²) in [6.45, 7) is 9.57. The number of nitrogens with zero attached hydrogens (tertiary/aromatic N) is 1. The average molecular weight is 308 g/mol. The number of amidine groups is 1. The first-order valence-electron chi connectivity index (χ1n) is 7.43. The fourth-order valence-electron chi connectivity index (χ4n) is 2.08. The van der Waals surface area contributed by atoms with Gasteiger partial charge in [0.15, 0.2) is 5.17 Å². The van der Waals surface area contributed by atoms with E-state index in [1.54, 1.807) is 11.8 Å². The van der Waals surface area contributed by atoms with Crippen molar-refractivity contribution in [3.8, 4) is 11.5 Å². The third-order valence-corrected chi connectivity index (χ3v) is 4.04. The predicted octanol–water partition coefficient (Wildman–Crippen LogP) is 4.17. The quantitative estimate of drug-likeness (QED) is 0.886. The summed E-state index contributed by atoms with van der Waals surface area (Å²) in [4.78, 5) is 4.76. The molecule has 0 unspecified atom stereocenters. The maximum Gasteiger partial charge on any atom is 0.161 e. The Bertz CT molecular complexity index is 515. The van der Waals surface area contributed by atoms with Crippen LogP contribution in [0.3, 0.4) is 0 Å². The molecule has 0 saturated heterocycles. The lowest BCUT2D eigenvalue weighted by molar-refractivity contribution is 0.332. The summed E-state index contributed by atoms with van der Waals surface area (Å²) in [6, 6.07) is 5.84. The van der Waals surface area contributed by atoms with Gasteiger partial charge in [-0.25, -0.2) is 0 Å². The maximum atomic E-state index is 5.68. The second kappa shape index (κ2) is 7.07. The summed E-state index contributed by atoms with van der Waals surface area (Å²) in [5, 5.41) is 4.34. The molecule has 0 amide bonds. The number of hydrogen-bond donors (Lipinski definition) is 1. The third-order valence-electron chi connectivity index (χ3n) is 3.16. The lowest BCUT2D eigenvalue weighted by Gasteiger charge is -2.26. The zero-order chi connectivity index (χ0) is 15.3. The van der Waals surface area contributed by atoms with Gasteiger partial charge in [-0.05, 0) is 46.2 Å². The van der Waals surface area contributed by atoms with Gasteiger partial charge in [0.05, 0.1) is 24.4 Å². The normalized spacial score (nSPS) is 17.0. The minimum Gasteiger partial charge on any atom is -0.494 e. The molecule has 2 rings (SSSR count). The Kier molecular flexibility index (Phi) is 5.39. The Morgan fingerprint density at radius 3 is 2.67 bits per heavy atom. The van der Waals surface area contributed by atoms with Gasteiger partial charge in [0.1, 0.15) is 11.5 Å². The van der Waals surface area contributed by atoms with Gasteiger partial charge in [0.25, 0.3) is 0 Å². The number of ether oxygens (including phenoxy) is 2. The highest BCUT2D eigenvalue weighted by Crippen LogP contribution is 2.32. The average Bonchev–Trinajstić information content (AvgIpc) is 2.41. The van der Waals surface area contributed by atoms with Crippen LogP contribution in [0.4, 0.5) is 5.69 Å². The van der Waals surface area contributed by atoms with Crippen LogP contribution in [0.5, 0.6) is 11.5 Å². The van der Waals surface area contributed by atoms with E-state index in [-0.39, 0.29) is 5.54 Å². The van der Waals surface area contributed by atoms with Crippen molar-refractivity contribution in [1.29, 1.82) is 0 Å². The molecular weight excluding hydrogens is 284 g/mol. The minimum absolute atomic E-state index is 0.00309. The Hall–Kier alpha value is -1.36. The molecule has 0 aliphatic carbocycles. The molecule has 1 N–H and O–H groups in total. The molecule has 0 spiro atoms. The second-order valence-corrected chi connectivity index (χ2v) is 6.56. The van der Waals surface area contributed by atoms with Crippen molar-refractivity contribution >= 4 is 22.6 Å². The van der Waals surface area contributed by atoms with Gasteiger partial charge >= 0.3 is 0 Å². The first-order valence-corrected chi connectivity index (χ1v) is 8.42. The van der Waals surface area contributed by atoms with E-state index in [1.165, 1.54) is 0 Å². The highest BCUT2D eigenvalue weighted by atomic mass is 32.2. The molecule has 1 aromatic rings. The monoisotopic (exact) mass is 308 g/mol. The summed E-state index contributed by atoms with van der Waals surface area (Å²) in [5.41, 5.74) is 0.906. The first-order chi connectivity index (χ1) is 10.0. The summed E-state index contributed by atoms with van der Waals surface area (Å²) in [7, 11) is 0. The zero-order valence-electron chi connectivity index (χ0n) is 13.2. The molecule has 1 aliphatic heterocycles. The van der Waals surface area contributed by atoms with E-state index < -0.39 is 0 Å². The predicted molar refractivity (Wildman–Crippen MR) is 91.0 cm³/mol. The molecule has 1 aliphatic rings. The van der Waals surface area contributed by atoms with Crippen molar-refractivity contribution in [1.82, 2.24) is 0 Å². The van der Waals surface area contributed by atoms with Crippen LogP contribution in [-0.2, 0) is 0 Å². The fourth-order valence-corrected chi connectivity index (χ4v) is 3.37. The highest BCUT2D eigenvalue weighted by molar-refractivity contribution is 8.14. The lowest BCUT2D eigenvalue weighted by atomic mass is 10.0. The van der Waals surface area contributed by atoms with Crippen LogP contribution in [-0.4, -0.2) is 29.7 Å². The van der Waals surface area contributed by atoms with Crippen molar-refractivity contribution in [2.75, 3.05) is 24.3 Å². The Morgan fingerprint density at radius 1 is 1.24 bits per heavy atom. The van der Waals surface area contributed by atoms with E-state index in [2.05, 4.69) is 19.2 Å². The molecule has 0 atom stereocenters. The van der Waals surface area contributed by atoms with Crippen LogP contribution in [0, 0.1) is 0 Å². The Morgan fingerprint density at radius 2 is 2.00 bits per heavy atom. The first kappa shape index (κ1) is 16.0. The molecule has 0 aromatic heterocycles. The number of thioether (sulfide) groups is 1. The number of nitrogens with one attached hydrogen (secondary N) is 1. The fraction of sp³-hybridized carbons (Fsp3) is 0.562. The van der Waals surface area contributed by atoms with Crippen LogP contribution < -0.4 is 14.8 Å². The standard InChI is InChI=1S/C16H24N2O2S/c1-5-19-12-7-8-14(20-6-2)13(11-12)17-15-18-16(3,4)9-10-21-15/h7-8,11H,5-6,9-10H2,1-4H3,(H,17,18). The highest BCUT2D eigenvalue weighted by Gasteiger charge is 2.23. The molecule has 4 nitrogen and oxygen atoms in total. The molecule has 0 saturated carbocycles. The van der Waals surface area contributed by atoms with E-state index in [0.29, 0.717) is 13.2 Å². The summed E-state index contributed by atoms with van der Waals surface area (Å²) >= 11 is 1.75. The van der Waals surface area contributed by atoms with Crippen LogP contribution in [0.25, 0.3) is 0 Å². The topological polar surface area (TPSA) is 42.9 Å². The van der Waals surface area contributed by atoms with E-state index in [9.17, 15) is 0 Å². The van der Waals surface area contributed by atoms with Crippen LogP contribution in [0.15, 0.2) is 23.2 Å². The van der Waals surface area contributed by atoms with Gasteiger partial charge < -0.3 is 14.8 Å². The number of rotatable bonds is 5. The van der Waals surface area contributed by atoms with Gasteiger partial charge in [-0.3, -0.25) is 4.99 Å². The molecule has 0 fully saturated rings. The van der Waals surface area contributed by atoms with Crippen LogP contribution in [0.1, 0.15) is 34.1 Å². The molecular formula is C16H24N2O2S. The number of aliphatic imine (C=N–C) groups is 1. The second-order valence-electron chi connectivity index (χ2n) is 5.48. The zero-order valence-corrected chi connectivity index (χ0v) is 14.0. The van der Waals surface area contributed by atoms with Gasteiger partial charge in [-0.1, -0.05) is 11.8 Å². The van der Waals surface area contributed by atoms with Gasteiger partial charge in [-0.2, -0.15) is 0 Å². The van der Waals surface area contributed by atoms with Crippen molar-refractivity contribution in [2.24, 2.45) is 4.99 Å². The SMILES string of the molecule is CCOc1ccc(OCC)c(NC2=NC(C)(C)CCS2)c1. The molecule has 1 heterocycles. The largest absolute Gasteiger partial charge is 0.494 e. The number of hydrogen-bond acceptors (Lipinski definition) is 5.